The molecule has 1 aromatic carbocycles. The van der Waals surface area contributed by atoms with Crippen LogP contribution in [0.1, 0.15) is 48.0 Å². The quantitative estimate of drug-likeness (QED) is 0.738. The minimum absolute atomic E-state index is 0.104. The number of hydrogen-bond donors (Lipinski definition) is 3. The van der Waals surface area contributed by atoms with E-state index in [2.05, 4.69) is 5.32 Å². The Morgan fingerprint density at radius 2 is 2.05 bits per heavy atom. The van der Waals surface area contributed by atoms with Gasteiger partial charge in [0, 0.05) is 23.2 Å². The third kappa shape index (κ3) is 3.31. The second-order valence-corrected chi connectivity index (χ2v) is 5.98. The molecule has 4 nitrogen and oxygen atoms in total. The van der Waals surface area contributed by atoms with Crippen LogP contribution < -0.4 is 11.1 Å². The number of nitrogens with one attached hydrogen (secondary N) is 1. The Kier molecular flexibility index (Phi) is 4.65. The van der Waals surface area contributed by atoms with Gasteiger partial charge in [-0.2, -0.15) is 0 Å². The van der Waals surface area contributed by atoms with Crippen molar-refractivity contribution in [2.45, 2.75) is 39.0 Å². The Bertz CT molecular complexity index is 479. The summed E-state index contributed by atoms with van der Waals surface area (Å²) in [4.78, 5) is 12.3. The first kappa shape index (κ1) is 14.9. The molecule has 0 unspecified atom stereocenters. The molecule has 1 saturated carbocycles. The summed E-state index contributed by atoms with van der Waals surface area (Å²) >= 11 is 0. The number of aliphatic hydroxyl groups excluding tert-OH is 1. The number of carbonyl (C=O) groups is 1. The standard InChI is InChI=1S/C16H24N2O2/c1-12-5-6-13(17)9-14(12)15(20)18-10-16(11-19)7-3-2-4-8-16/h5-6,9,19H,2-4,7-8,10-11,17H2,1H3,(H,18,20). The van der Waals surface area contributed by atoms with Gasteiger partial charge in [-0.05, 0) is 37.5 Å². The van der Waals surface area contributed by atoms with Crippen molar-refractivity contribution in [1.29, 1.82) is 0 Å². The lowest BCUT2D eigenvalue weighted by Crippen LogP contribution is -2.41. The van der Waals surface area contributed by atoms with Gasteiger partial charge in [0.05, 0.1) is 6.61 Å². The molecule has 0 aromatic heterocycles. The van der Waals surface area contributed by atoms with E-state index in [9.17, 15) is 9.90 Å². The van der Waals surface area contributed by atoms with Crippen LogP contribution in [0, 0.1) is 12.3 Å². The molecule has 1 aliphatic rings. The number of aliphatic hydroxyl groups is 1. The molecule has 0 radical (unpaired) electrons. The van der Waals surface area contributed by atoms with Crippen molar-refractivity contribution in [2.75, 3.05) is 18.9 Å². The van der Waals surface area contributed by atoms with Crippen LogP contribution in [0.3, 0.4) is 0 Å². The molecule has 1 fully saturated rings. The summed E-state index contributed by atoms with van der Waals surface area (Å²) in [5.41, 5.74) is 7.73. The summed E-state index contributed by atoms with van der Waals surface area (Å²) < 4.78 is 0. The zero-order valence-corrected chi connectivity index (χ0v) is 12.1. The zero-order chi connectivity index (χ0) is 14.6. The average molecular weight is 276 g/mol. The average Bonchev–Trinajstić information content (AvgIpc) is 2.48. The number of rotatable bonds is 4. The molecular weight excluding hydrogens is 252 g/mol. The lowest BCUT2D eigenvalue weighted by molar-refractivity contribution is 0.0718. The fourth-order valence-corrected chi connectivity index (χ4v) is 2.94. The molecule has 1 aliphatic carbocycles. The van der Waals surface area contributed by atoms with Crippen molar-refractivity contribution >= 4 is 11.6 Å². The molecule has 0 aliphatic heterocycles. The maximum Gasteiger partial charge on any atom is 0.251 e. The van der Waals surface area contributed by atoms with Gasteiger partial charge in [0.1, 0.15) is 0 Å². The number of hydrogen-bond acceptors (Lipinski definition) is 3. The molecule has 0 atom stereocenters. The smallest absolute Gasteiger partial charge is 0.251 e. The normalized spacial score (nSPS) is 17.7. The van der Waals surface area contributed by atoms with Crippen molar-refractivity contribution < 1.29 is 9.90 Å². The number of benzene rings is 1. The van der Waals surface area contributed by atoms with Crippen LogP contribution in [-0.4, -0.2) is 24.2 Å². The van der Waals surface area contributed by atoms with Crippen molar-refractivity contribution in [2.24, 2.45) is 5.41 Å². The van der Waals surface area contributed by atoms with E-state index in [1.807, 2.05) is 13.0 Å². The molecule has 0 saturated heterocycles. The van der Waals surface area contributed by atoms with Gasteiger partial charge in [0.25, 0.3) is 5.91 Å². The maximum atomic E-state index is 12.3. The predicted molar refractivity (Wildman–Crippen MR) is 80.5 cm³/mol. The molecule has 0 bridgehead atoms. The number of nitrogen functional groups attached to an aromatic ring is 1. The van der Waals surface area contributed by atoms with E-state index >= 15 is 0 Å². The molecule has 4 N–H and O–H groups in total. The van der Waals surface area contributed by atoms with Crippen molar-refractivity contribution in [3.63, 3.8) is 0 Å². The van der Waals surface area contributed by atoms with Crippen LogP contribution in [0.15, 0.2) is 18.2 Å². The van der Waals surface area contributed by atoms with Gasteiger partial charge in [0.2, 0.25) is 0 Å². The minimum atomic E-state index is -0.137. The maximum absolute atomic E-state index is 12.3. The number of amides is 1. The monoisotopic (exact) mass is 276 g/mol. The number of anilines is 1. The van der Waals surface area contributed by atoms with Crippen molar-refractivity contribution in [1.82, 2.24) is 5.32 Å². The highest BCUT2D eigenvalue weighted by molar-refractivity contribution is 5.96. The zero-order valence-electron chi connectivity index (χ0n) is 12.1. The molecule has 4 heteroatoms. The van der Waals surface area contributed by atoms with Gasteiger partial charge in [-0.25, -0.2) is 0 Å². The lowest BCUT2D eigenvalue weighted by Gasteiger charge is -2.35. The molecular formula is C16H24N2O2. The van der Waals surface area contributed by atoms with E-state index in [4.69, 9.17) is 5.73 Å². The third-order valence-electron chi connectivity index (χ3n) is 4.38. The highest BCUT2D eigenvalue weighted by Crippen LogP contribution is 2.35. The van der Waals surface area contributed by atoms with E-state index in [0.717, 1.165) is 31.2 Å². The summed E-state index contributed by atoms with van der Waals surface area (Å²) in [6.07, 6.45) is 5.46. The molecule has 20 heavy (non-hydrogen) atoms. The van der Waals surface area contributed by atoms with Crippen molar-refractivity contribution in [3.05, 3.63) is 29.3 Å². The fraction of sp³-hybridized carbons (Fsp3) is 0.562. The van der Waals surface area contributed by atoms with Crippen LogP contribution in [0.25, 0.3) is 0 Å². The fourth-order valence-electron chi connectivity index (χ4n) is 2.94. The first-order chi connectivity index (χ1) is 9.56. The van der Waals surface area contributed by atoms with Gasteiger partial charge in [-0.3, -0.25) is 4.79 Å². The van der Waals surface area contributed by atoms with E-state index in [1.165, 1.54) is 6.42 Å². The summed E-state index contributed by atoms with van der Waals surface area (Å²) in [6, 6.07) is 5.35. The minimum Gasteiger partial charge on any atom is -0.399 e. The number of aryl methyl sites for hydroxylation is 1. The van der Waals surface area contributed by atoms with Gasteiger partial charge in [-0.15, -0.1) is 0 Å². The first-order valence-electron chi connectivity index (χ1n) is 7.31. The highest BCUT2D eigenvalue weighted by atomic mass is 16.3. The predicted octanol–water partition coefficient (Wildman–Crippen LogP) is 2.25. The van der Waals surface area contributed by atoms with E-state index in [-0.39, 0.29) is 17.9 Å². The Morgan fingerprint density at radius 1 is 1.35 bits per heavy atom. The number of carbonyl (C=O) groups excluding carboxylic acids is 1. The van der Waals surface area contributed by atoms with Crippen molar-refractivity contribution in [3.8, 4) is 0 Å². The Balaban J connectivity index is 2.02. The van der Waals surface area contributed by atoms with Crippen LogP contribution in [-0.2, 0) is 0 Å². The lowest BCUT2D eigenvalue weighted by atomic mass is 9.74. The molecule has 1 aromatic rings. The highest BCUT2D eigenvalue weighted by Gasteiger charge is 2.31. The largest absolute Gasteiger partial charge is 0.399 e. The summed E-state index contributed by atoms with van der Waals surface area (Å²) in [6.45, 7) is 2.58. The second-order valence-electron chi connectivity index (χ2n) is 5.98. The Hall–Kier alpha value is -1.55. The first-order valence-corrected chi connectivity index (χ1v) is 7.31. The topological polar surface area (TPSA) is 75.4 Å². The molecule has 110 valence electrons. The summed E-state index contributed by atoms with van der Waals surface area (Å²) in [7, 11) is 0. The van der Waals surface area contributed by atoms with E-state index in [0.29, 0.717) is 17.8 Å². The van der Waals surface area contributed by atoms with Crippen LogP contribution >= 0.6 is 0 Å². The van der Waals surface area contributed by atoms with Crippen LogP contribution in [0.2, 0.25) is 0 Å². The van der Waals surface area contributed by atoms with Gasteiger partial charge >= 0.3 is 0 Å². The molecule has 0 heterocycles. The molecule has 2 rings (SSSR count). The number of nitrogens with two attached hydrogens (primary N) is 1. The van der Waals surface area contributed by atoms with Crippen LogP contribution in [0.5, 0.6) is 0 Å². The summed E-state index contributed by atoms with van der Waals surface area (Å²) in [5, 5.41) is 12.6. The molecule has 1 amide bonds. The van der Waals surface area contributed by atoms with Gasteiger partial charge in [0.15, 0.2) is 0 Å². The Labute approximate surface area is 120 Å². The van der Waals surface area contributed by atoms with E-state index < -0.39 is 0 Å². The van der Waals surface area contributed by atoms with Gasteiger partial charge < -0.3 is 16.2 Å². The van der Waals surface area contributed by atoms with Crippen LogP contribution in [0.4, 0.5) is 5.69 Å². The summed E-state index contributed by atoms with van der Waals surface area (Å²) in [5.74, 6) is -0.104. The second kappa shape index (κ2) is 6.27. The van der Waals surface area contributed by atoms with Gasteiger partial charge in [-0.1, -0.05) is 25.3 Å². The third-order valence-corrected chi connectivity index (χ3v) is 4.38. The Morgan fingerprint density at radius 3 is 2.70 bits per heavy atom. The van der Waals surface area contributed by atoms with E-state index in [1.54, 1.807) is 12.1 Å². The molecule has 0 spiro atoms. The SMILES string of the molecule is Cc1ccc(N)cc1C(=O)NCC1(CO)CCCCC1.